The summed E-state index contributed by atoms with van der Waals surface area (Å²) in [6.07, 6.45) is 1.28. The van der Waals surface area contributed by atoms with Crippen LogP contribution in [0.5, 0.6) is 5.75 Å². The lowest BCUT2D eigenvalue weighted by atomic mass is 10.2. The van der Waals surface area contributed by atoms with E-state index in [1.165, 1.54) is 15.6 Å². The molecule has 2 aliphatic heterocycles. The fourth-order valence-electron chi connectivity index (χ4n) is 4.41. The van der Waals surface area contributed by atoms with Crippen molar-refractivity contribution in [1.29, 1.82) is 0 Å². The molecule has 8 nitrogen and oxygen atoms in total. The molecule has 5 rings (SSSR count). The number of thiophene rings is 1. The number of nitrogens with zero attached hydrogens (tertiary/aromatic N) is 4. The van der Waals surface area contributed by atoms with Crippen LogP contribution in [0.15, 0.2) is 39.9 Å². The van der Waals surface area contributed by atoms with Crippen LogP contribution in [0.4, 0.5) is 5.13 Å². The Hall–Kier alpha value is -2.21. The third kappa shape index (κ3) is 4.34. The van der Waals surface area contributed by atoms with Gasteiger partial charge in [0.05, 0.1) is 16.8 Å². The van der Waals surface area contributed by atoms with Crippen LogP contribution in [0, 0.1) is 0 Å². The largest absolute Gasteiger partial charge is 0.494 e. The zero-order valence-electron chi connectivity index (χ0n) is 18.3. The standard InChI is InChI=1S/C22H26N4O4S3/c1-2-30-16-7-8-17-19(15-16)32-22(23-17)25-12-10-24(11-13-25)21(27)18-5-3-9-26(18)33(28,29)20-6-4-14-31-20/h4,6-8,14-15,18H,2-3,5,9-13H2,1H3. The highest BCUT2D eigenvalue weighted by atomic mass is 32.2. The topological polar surface area (TPSA) is 83.1 Å². The van der Waals surface area contributed by atoms with Gasteiger partial charge < -0.3 is 14.5 Å². The maximum atomic E-state index is 13.3. The number of hydrogen-bond acceptors (Lipinski definition) is 8. The Labute approximate surface area is 201 Å². The van der Waals surface area contributed by atoms with Crippen molar-refractivity contribution in [1.82, 2.24) is 14.2 Å². The van der Waals surface area contributed by atoms with Crippen LogP contribution in [0.1, 0.15) is 19.8 Å². The molecule has 0 N–H and O–H groups in total. The molecule has 0 spiro atoms. The lowest BCUT2D eigenvalue weighted by Gasteiger charge is -2.37. The summed E-state index contributed by atoms with van der Waals surface area (Å²) in [5.41, 5.74) is 0.942. The van der Waals surface area contributed by atoms with Crippen LogP contribution in [0.25, 0.3) is 10.2 Å². The molecular weight excluding hydrogens is 480 g/mol. The number of ether oxygens (including phenoxy) is 1. The molecule has 0 bridgehead atoms. The van der Waals surface area contributed by atoms with Gasteiger partial charge in [-0.15, -0.1) is 11.3 Å². The van der Waals surface area contributed by atoms with Crippen LogP contribution in [0.2, 0.25) is 0 Å². The van der Waals surface area contributed by atoms with Gasteiger partial charge >= 0.3 is 0 Å². The highest BCUT2D eigenvalue weighted by Crippen LogP contribution is 2.33. The molecule has 1 amide bonds. The summed E-state index contributed by atoms with van der Waals surface area (Å²) in [7, 11) is -3.63. The first-order chi connectivity index (χ1) is 16.0. The Balaban J connectivity index is 1.25. The smallest absolute Gasteiger partial charge is 0.253 e. The van der Waals surface area contributed by atoms with Crippen molar-refractivity contribution in [2.75, 3.05) is 44.2 Å². The van der Waals surface area contributed by atoms with Crippen LogP contribution >= 0.6 is 22.7 Å². The van der Waals surface area contributed by atoms with Gasteiger partial charge in [0.25, 0.3) is 10.0 Å². The molecule has 3 aromatic rings. The predicted octanol–water partition coefficient (Wildman–Crippen LogP) is 3.26. The van der Waals surface area contributed by atoms with Crippen LogP contribution in [-0.4, -0.2) is 73.9 Å². The fourth-order valence-corrected chi connectivity index (χ4v) is 8.23. The van der Waals surface area contributed by atoms with E-state index < -0.39 is 16.1 Å². The predicted molar refractivity (Wildman–Crippen MR) is 131 cm³/mol. The number of benzene rings is 1. The number of amides is 1. The van der Waals surface area contributed by atoms with Gasteiger partial charge in [0.1, 0.15) is 16.0 Å². The summed E-state index contributed by atoms with van der Waals surface area (Å²) in [4.78, 5) is 22.1. The van der Waals surface area contributed by atoms with E-state index in [-0.39, 0.29) is 5.91 Å². The third-order valence-corrected chi connectivity index (χ3v) is 10.4. The summed E-state index contributed by atoms with van der Waals surface area (Å²) >= 11 is 2.82. The number of hydrogen-bond donors (Lipinski definition) is 0. The molecular formula is C22H26N4O4S3. The minimum atomic E-state index is -3.63. The number of carbonyl (C=O) groups excluding carboxylic acids is 1. The van der Waals surface area contributed by atoms with Gasteiger partial charge in [-0.2, -0.15) is 4.31 Å². The minimum absolute atomic E-state index is 0.0852. The monoisotopic (exact) mass is 506 g/mol. The van der Waals surface area contributed by atoms with Crippen molar-refractivity contribution in [3.63, 3.8) is 0 Å². The molecule has 4 heterocycles. The van der Waals surface area contributed by atoms with Crippen molar-refractivity contribution >= 4 is 54.0 Å². The van der Waals surface area contributed by atoms with E-state index in [2.05, 4.69) is 4.90 Å². The second-order valence-corrected chi connectivity index (χ2v) is 12.2. The molecule has 0 radical (unpaired) electrons. The lowest BCUT2D eigenvalue weighted by molar-refractivity contribution is -0.134. The van der Waals surface area contributed by atoms with E-state index in [1.807, 2.05) is 30.0 Å². The van der Waals surface area contributed by atoms with Crippen molar-refractivity contribution in [2.24, 2.45) is 0 Å². The van der Waals surface area contributed by atoms with Gasteiger partial charge in [-0.3, -0.25) is 4.79 Å². The first-order valence-electron chi connectivity index (χ1n) is 11.1. The Morgan fingerprint density at radius 2 is 2.00 bits per heavy atom. The molecule has 1 aromatic carbocycles. The van der Waals surface area contributed by atoms with E-state index in [0.29, 0.717) is 56.4 Å². The number of aromatic nitrogens is 1. The molecule has 0 aliphatic carbocycles. The van der Waals surface area contributed by atoms with Gasteiger partial charge in [0, 0.05) is 32.7 Å². The Morgan fingerprint density at radius 1 is 1.18 bits per heavy atom. The lowest BCUT2D eigenvalue weighted by Crippen LogP contribution is -2.54. The average molecular weight is 507 g/mol. The highest BCUT2D eigenvalue weighted by Gasteiger charge is 2.42. The second-order valence-electron chi connectivity index (χ2n) is 8.08. The number of carbonyl (C=O) groups is 1. The summed E-state index contributed by atoms with van der Waals surface area (Å²) in [6, 6.07) is 8.65. The quantitative estimate of drug-likeness (QED) is 0.510. The molecule has 2 aliphatic rings. The first-order valence-corrected chi connectivity index (χ1v) is 14.2. The van der Waals surface area contributed by atoms with Gasteiger partial charge in [-0.05, 0) is 49.4 Å². The Morgan fingerprint density at radius 3 is 2.73 bits per heavy atom. The molecule has 0 saturated carbocycles. The van der Waals surface area contributed by atoms with Crippen molar-refractivity contribution < 1.29 is 17.9 Å². The molecule has 33 heavy (non-hydrogen) atoms. The molecule has 1 atom stereocenters. The Kier molecular flexibility index (Phi) is 6.30. The molecule has 2 fully saturated rings. The average Bonchev–Trinajstić information content (AvgIpc) is 3.59. The van der Waals surface area contributed by atoms with Gasteiger partial charge in [0.15, 0.2) is 5.13 Å². The van der Waals surface area contributed by atoms with Crippen LogP contribution in [-0.2, 0) is 14.8 Å². The zero-order chi connectivity index (χ0) is 23.0. The number of piperazine rings is 1. The minimum Gasteiger partial charge on any atom is -0.494 e. The van der Waals surface area contributed by atoms with E-state index in [9.17, 15) is 13.2 Å². The SMILES string of the molecule is CCOc1ccc2nc(N3CCN(C(=O)C4CCCN4S(=O)(=O)c4cccs4)CC3)sc2c1. The number of thiazole rings is 1. The summed E-state index contributed by atoms with van der Waals surface area (Å²) < 4.78 is 34.4. The maximum Gasteiger partial charge on any atom is 0.253 e. The van der Waals surface area contributed by atoms with Crippen LogP contribution in [0.3, 0.4) is 0 Å². The van der Waals surface area contributed by atoms with Crippen molar-refractivity contribution in [3.05, 3.63) is 35.7 Å². The molecule has 11 heteroatoms. The molecule has 176 valence electrons. The van der Waals surface area contributed by atoms with Crippen molar-refractivity contribution in [2.45, 2.75) is 30.0 Å². The zero-order valence-corrected chi connectivity index (χ0v) is 20.8. The van der Waals surface area contributed by atoms with E-state index in [0.717, 1.165) is 21.1 Å². The number of rotatable bonds is 6. The fraction of sp³-hybridized carbons (Fsp3) is 0.455. The number of fused-ring (bicyclic) bond motifs is 1. The molecule has 1 unspecified atom stereocenters. The van der Waals surface area contributed by atoms with E-state index in [1.54, 1.807) is 28.8 Å². The van der Waals surface area contributed by atoms with Crippen molar-refractivity contribution in [3.8, 4) is 5.75 Å². The third-order valence-electron chi connectivity index (χ3n) is 6.07. The maximum absolute atomic E-state index is 13.3. The van der Waals surface area contributed by atoms with Gasteiger partial charge in [0.2, 0.25) is 5.91 Å². The molecule has 2 saturated heterocycles. The van der Waals surface area contributed by atoms with E-state index in [4.69, 9.17) is 9.72 Å². The van der Waals surface area contributed by atoms with Gasteiger partial charge in [-0.1, -0.05) is 17.4 Å². The highest BCUT2D eigenvalue weighted by molar-refractivity contribution is 7.91. The number of anilines is 1. The second kappa shape index (κ2) is 9.21. The van der Waals surface area contributed by atoms with E-state index >= 15 is 0 Å². The Bertz CT molecular complexity index is 1230. The summed E-state index contributed by atoms with van der Waals surface area (Å²) in [6.45, 7) is 5.45. The normalized spacial score (nSPS) is 20.0. The first kappa shape index (κ1) is 22.6. The van der Waals surface area contributed by atoms with Gasteiger partial charge in [-0.25, -0.2) is 13.4 Å². The van der Waals surface area contributed by atoms with Crippen LogP contribution < -0.4 is 9.64 Å². The number of sulfonamides is 1. The molecule has 2 aromatic heterocycles. The summed E-state index contributed by atoms with van der Waals surface area (Å²) in [5.74, 6) is 0.757. The summed E-state index contributed by atoms with van der Waals surface area (Å²) in [5, 5.41) is 2.69.